The molecule has 2 amide bonds. The second-order valence-electron chi connectivity index (χ2n) is 6.24. The van der Waals surface area contributed by atoms with Crippen LogP contribution in [0.1, 0.15) is 48.5 Å². The number of hydrogen-bond donors (Lipinski definition) is 2. The van der Waals surface area contributed by atoms with E-state index in [-0.39, 0.29) is 24.5 Å². The lowest BCUT2D eigenvalue weighted by Crippen LogP contribution is -2.30. The van der Waals surface area contributed by atoms with Crippen molar-refractivity contribution in [3.8, 4) is 0 Å². The molecule has 1 aromatic carbocycles. The Balaban J connectivity index is 1.97. The van der Waals surface area contributed by atoms with Crippen molar-refractivity contribution in [2.45, 2.75) is 45.6 Å². The van der Waals surface area contributed by atoms with E-state index in [1.54, 1.807) is 13.1 Å². The number of ether oxygens (including phenoxy) is 1. The maximum atomic E-state index is 12.2. The molecule has 2 atom stereocenters. The molecule has 5 nitrogen and oxygen atoms in total. The normalized spacial score (nSPS) is 20.8. The van der Waals surface area contributed by atoms with Crippen molar-refractivity contribution in [1.29, 1.82) is 0 Å². The van der Waals surface area contributed by atoms with E-state index in [9.17, 15) is 9.59 Å². The average Bonchev–Trinajstić information content (AvgIpc) is 2.53. The largest absolute Gasteiger partial charge is 0.368 e. The minimum Gasteiger partial charge on any atom is -0.368 e. The lowest BCUT2D eigenvalue weighted by molar-refractivity contribution is -0.124. The highest BCUT2D eigenvalue weighted by Crippen LogP contribution is 2.26. The fraction of sp³-hybridized carbons (Fsp3) is 0.556. The fourth-order valence-corrected chi connectivity index (χ4v) is 3.10. The molecule has 0 saturated heterocycles. The second kappa shape index (κ2) is 8.11. The summed E-state index contributed by atoms with van der Waals surface area (Å²) < 4.78 is 5.77. The molecule has 0 unspecified atom stereocenters. The lowest BCUT2D eigenvalue weighted by Gasteiger charge is -2.28. The molecule has 0 aliphatic heterocycles. The van der Waals surface area contributed by atoms with Crippen molar-refractivity contribution >= 4 is 17.5 Å². The van der Waals surface area contributed by atoms with Crippen LogP contribution in [-0.2, 0) is 9.53 Å². The van der Waals surface area contributed by atoms with Gasteiger partial charge in [0, 0.05) is 7.05 Å². The number of rotatable bonds is 5. The van der Waals surface area contributed by atoms with E-state index in [0.717, 1.165) is 24.8 Å². The van der Waals surface area contributed by atoms with E-state index in [1.807, 2.05) is 19.1 Å². The molecule has 1 aliphatic rings. The monoisotopic (exact) mass is 318 g/mol. The van der Waals surface area contributed by atoms with Gasteiger partial charge in [0.05, 0.1) is 17.4 Å². The van der Waals surface area contributed by atoms with Crippen LogP contribution in [-0.4, -0.2) is 31.6 Å². The third-order valence-electron chi connectivity index (χ3n) is 4.46. The molecule has 1 fully saturated rings. The Morgan fingerprint density at radius 1 is 1.26 bits per heavy atom. The summed E-state index contributed by atoms with van der Waals surface area (Å²) in [6.07, 6.45) is 4.74. The van der Waals surface area contributed by atoms with Crippen LogP contribution < -0.4 is 10.6 Å². The topological polar surface area (TPSA) is 67.4 Å². The van der Waals surface area contributed by atoms with Crippen LogP contribution in [0.15, 0.2) is 18.2 Å². The Morgan fingerprint density at radius 2 is 2.00 bits per heavy atom. The Labute approximate surface area is 137 Å². The van der Waals surface area contributed by atoms with Crippen molar-refractivity contribution in [1.82, 2.24) is 5.32 Å². The standard InChI is InChI=1S/C18H26N2O3/c1-12-7-4-5-10-15(12)23-11-16(21)20-14-9-6-8-13(2)17(14)18(22)19-3/h6,8-9,12,15H,4-5,7,10-11H2,1-3H3,(H,19,22)(H,20,21)/t12-,15+/m1/s1. The predicted octanol–water partition coefficient (Wildman–Crippen LogP) is 2.89. The molecule has 2 N–H and O–H groups in total. The summed E-state index contributed by atoms with van der Waals surface area (Å²) in [5.74, 6) is 0.0655. The molecule has 23 heavy (non-hydrogen) atoms. The molecule has 126 valence electrons. The van der Waals surface area contributed by atoms with Gasteiger partial charge >= 0.3 is 0 Å². The number of carbonyl (C=O) groups excluding carboxylic acids is 2. The first kappa shape index (κ1) is 17.5. The van der Waals surface area contributed by atoms with E-state index >= 15 is 0 Å². The highest BCUT2D eigenvalue weighted by atomic mass is 16.5. The molecule has 2 rings (SSSR count). The van der Waals surface area contributed by atoms with Crippen LogP contribution in [0.4, 0.5) is 5.69 Å². The van der Waals surface area contributed by atoms with E-state index in [2.05, 4.69) is 17.6 Å². The number of aryl methyl sites for hydroxylation is 1. The van der Waals surface area contributed by atoms with E-state index in [0.29, 0.717) is 17.2 Å². The lowest BCUT2D eigenvalue weighted by atomic mass is 9.88. The van der Waals surface area contributed by atoms with Gasteiger partial charge in [-0.2, -0.15) is 0 Å². The molecule has 0 aromatic heterocycles. The van der Waals surface area contributed by atoms with Crippen LogP contribution in [0.3, 0.4) is 0 Å². The average molecular weight is 318 g/mol. The molecule has 1 saturated carbocycles. The Bertz CT molecular complexity index is 571. The van der Waals surface area contributed by atoms with Gasteiger partial charge in [-0.1, -0.05) is 31.9 Å². The summed E-state index contributed by atoms with van der Waals surface area (Å²) in [7, 11) is 1.58. The summed E-state index contributed by atoms with van der Waals surface area (Å²) in [4.78, 5) is 24.2. The molecule has 1 aromatic rings. The van der Waals surface area contributed by atoms with Crippen LogP contribution in [0.2, 0.25) is 0 Å². The van der Waals surface area contributed by atoms with Crippen molar-refractivity contribution in [3.63, 3.8) is 0 Å². The Kier molecular flexibility index (Phi) is 6.16. The van der Waals surface area contributed by atoms with Gasteiger partial charge in [-0.05, 0) is 37.3 Å². The summed E-state index contributed by atoms with van der Waals surface area (Å²) in [6, 6.07) is 5.40. The number of hydrogen-bond acceptors (Lipinski definition) is 3. The molecule has 0 heterocycles. The van der Waals surface area contributed by atoms with E-state index < -0.39 is 0 Å². The first-order chi connectivity index (χ1) is 11.0. The minimum absolute atomic E-state index is 0.0239. The van der Waals surface area contributed by atoms with E-state index in [1.165, 1.54) is 6.42 Å². The zero-order valence-electron chi connectivity index (χ0n) is 14.1. The van der Waals surface area contributed by atoms with Gasteiger partial charge in [0.15, 0.2) is 0 Å². The molecule has 0 spiro atoms. The number of benzene rings is 1. The molecule has 1 aliphatic carbocycles. The highest BCUT2D eigenvalue weighted by molar-refractivity contribution is 6.04. The quantitative estimate of drug-likeness (QED) is 0.877. The van der Waals surface area contributed by atoms with Gasteiger partial charge in [-0.25, -0.2) is 0 Å². The smallest absolute Gasteiger partial charge is 0.253 e. The Morgan fingerprint density at radius 3 is 2.70 bits per heavy atom. The predicted molar refractivity (Wildman–Crippen MR) is 90.6 cm³/mol. The summed E-state index contributed by atoms with van der Waals surface area (Å²) in [6.45, 7) is 4.04. The zero-order valence-corrected chi connectivity index (χ0v) is 14.1. The maximum absolute atomic E-state index is 12.2. The van der Waals surface area contributed by atoms with Crippen LogP contribution in [0.5, 0.6) is 0 Å². The fourth-order valence-electron chi connectivity index (χ4n) is 3.10. The van der Waals surface area contributed by atoms with Gasteiger partial charge < -0.3 is 15.4 Å². The number of anilines is 1. The van der Waals surface area contributed by atoms with Crippen LogP contribution in [0.25, 0.3) is 0 Å². The molecule has 0 radical (unpaired) electrons. The third kappa shape index (κ3) is 4.55. The number of carbonyl (C=O) groups is 2. The van der Waals surface area contributed by atoms with Gasteiger partial charge in [-0.3, -0.25) is 9.59 Å². The van der Waals surface area contributed by atoms with E-state index in [4.69, 9.17) is 4.74 Å². The molecular weight excluding hydrogens is 292 g/mol. The van der Waals surface area contributed by atoms with Gasteiger partial charge in [0.25, 0.3) is 5.91 Å². The molecule has 5 heteroatoms. The van der Waals surface area contributed by atoms with Crippen molar-refractivity contribution in [2.75, 3.05) is 19.0 Å². The zero-order chi connectivity index (χ0) is 16.8. The maximum Gasteiger partial charge on any atom is 0.253 e. The van der Waals surface area contributed by atoms with Crippen molar-refractivity contribution in [2.24, 2.45) is 5.92 Å². The van der Waals surface area contributed by atoms with Crippen LogP contribution in [0, 0.1) is 12.8 Å². The SMILES string of the molecule is CNC(=O)c1c(C)cccc1NC(=O)CO[C@H]1CCCC[C@H]1C. The second-order valence-corrected chi connectivity index (χ2v) is 6.24. The van der Waals surface area contributed by atoms with Gasteiger partial charge in [0.1, 0.15) is 6.61 Å². The highest BCUT2D eigenvalue weighted by Gasteiger charge is 2.23. The van der Waals surface area contributed by atoms with Crippen molar-refractivity contribution < 1.29 is 14.3 Å². The van der Waals surface area contributed by atoms with Gasteiger partial charge in [-0.15, -0.1) is 0 Å². The first-order valence-electron chi connectivity index (χ1n) is 8.26. The molecule has 0 bridgehead atoms. The van der Waals surface area contributed by atoms with Crippen LogP contribution >= 0.6 is 0 Å². The molecular formula is C18H26N2O3. The summed E-state index contributed by atoms with van der Waals surface area (Å²) >= 11 is 0. The Hall–Kier alpha value is -1.88. The minimum atomic E-state index is -0.224. The number of nitrogens with one attached hydrogen (secondary N) is 2. The summed E-state index contributed by atoms with van der Waals surface area (Å²) in [5, 5.41) is 5.40. The summed E-state index contributed by atoms with van der Waals surface area (Å²) in [5.41, 5.74) is 1.84. The first-order valence-corrected chi connectivity index (χ1v) is 8.26. The number of amides is 2. The van der Waals surface area contributed by atoms with Gasteiger partial charge in [0.2, 0.25) is 5.91 Å². The third-order valence-corrected chi connectivity index (χ3v) is 4.46. The van der Waals surface area contributed by atoms with Crippen molar-refractivity contribution in [3.05, 3.63) is 29.3 Å².